The van der Waals surface area contributed by atoms with E-state index in [1.807, 2.05) is 0 Å². The highest BCUT2D eigenvalue weighted by atomic mass is 16.7. The lowest BCUT2D eigenvalue weighted by Gasteiger charge is -2.39. The van der Waals surface area contributed by atoms with Crippen LogP contribution in [0.4, 0.5) is 0 Å². The molecular weight excluding hydrogens is 508 g/mol. The molecule has 2 heterocycles. The zero-order chi connectivity index (χ0) is 27.7. The minimum atomic E-state index is -1.72. The number of methoxy groups -OCH3 is 4. The molecule has 1 aromatic heterocycles. The van der Waals surface area contributed by atoms with Gasteiger partial charge >= 0.3 is 0 Å². The number of hydrogen-bond acceptors (Lipinski definition) is 13. The molecule has 2 aromatic carbocycles. The molecule has 5 atom stereocenters. The first-order valence-electron chi connectivity index (χ1n) is 11.3. The van der Waals surface area contributed by atoms with Gasteiger partial charge in [0.2, 0.25) is 23.2 Å². The van der Waals surface area contributed by atoms with Crippen molar-refractivity contribution in [2.24, 2.45) is 0 Å². The quantitative estimate of drug-likeness (QED) is 0.266. The van der Waals surface area contributed by atoms with Gasteiger partial charge in [0.15, 0.2) is 23.0 Å². The summed E-state index contributed by atoms with van der Waals surface area (Å²) in [7, 11) is 5.51. The Kier molecular flexibility index (Phi) is 7.85. The number of aromatic hydroxyl groups is 1. The Morgan fingerprint density at radius 3 is 2.03 bits per heavy atom. The molecule has 0 aliphatic carbocycles. The number of hydrogen-bond donors (Lipinski definition) is 5. The lowest BCUT2D eigenvalue weighted by Crippen LogP contribution is -2.60. The summed E-state index contributed by atoms with van der Waals surface area (Å²) in [6.07, 6.45) is -6.61. The zero-order valence-corrected chi connectivity index (χ0v) is 20.9. The summed E-state index contributed by atoms with van der Waals surface area (Å²) in [5.41, 5.74) is -0.285. The van der Waals surface area contributed by atoms with Gasteiger partial charge in [-0.2, -0.15) is 0 Å². The minimum absolute atomic E-state index is 0.0664. The molecule has 0 radical (unpaired) electrons. The van der Waals surface area contributed by atoms with E-state index in [-0.39, 0.29) is 28.0 Å². The number of benzene rings is 2. The van der Waals surface area contributed by atoms with Crippen LogP contribution in [0.5, 0.6) is 34.5 Å². The van der Waals surface area contributed by atoms with Crippen molar-refractivity contribution in [2.45, 2.75) is 30.7 Å². The SMILES string of the molecule is COc1cc(-c2coc3cc(O[C@@H]4O[C@H](CO)[C@@H](O)[C@H](O)[C@H]4O)c(OC)c(O)c3c2=O)cc(OC)c1OC. The molecule has 0 unspecified atom stereocenters. The molecule has 4 rings (SSSR count). The molecule has 0 spiro atoms. The third-order valence-corrected chi connectivity index (χ3v) is 6.23. The summed E-state index contributed by atoms with van der Waals surface area (Å²) in [4.78, 5) is 13.5. The van der Waals surface area contributed by atoms with Crippen LogP contribution in [0.15, 0.2) is 33.7 Å². The largest absolute Gasteiger partial charge is 0.504 e. The van der Waals surface area contributed by atoms with Crippen molar-refractivity contribution in [3.63, 3.8) is 0 Å². The van der Waals surface area contributed by atoms with Gasteiger partial charge in [-0.3, -0.25) is 4.79 Å². The normalized spacial score (nSPS) is 23.2. The first kappa shape index (κ1) is 27.3. The van der Waals surface area contributed by atoms with Crippen LogP contribution in [0, 0.1) is 0 Å². The Hall–Kier alpha value is -3.75. The predicted molar refractivity (Wildman–Crippen MR) is 130 cm³/mol. The average molecular weight is 536 g/mol. The maximum absolute atomic E-state index is 13.5. The maximum Gasteiger partial charge on any atom is 0.229 e. The molecular formula is C25H28O13. The predicted octanol–water partition coefficient (Wildman–Crippen LogP) is 0.379. The molecule has 13 heteroatoms. The van der Waals surface area contributed by atoms with E-state index < -0.39 is 48.5 Å². The lowest BCUT2D eigenvalue weighted by atomic mass is 9.99. The van der Waals surface area contributed by atoms with Gasteiger partial charge in [0.1, 0.15) is 41.6 Å². The Morgan fingerprint density at radius 1 is 0.842 bits per heavy atom. The van der Waals surface area contributed by atoms with Crippen LogP contribution in [0.3, 0.4) is 0 Å². The van der Waals surface area contributed by atoms with Crippen LogP contribution >= 0.6 is 0 Å². The molecule has 5 N–H and O–H groups in total. The Morgan fingerprint density at radius 2 is 1.47 bits per heavy atom. The number of fused-ring (bicyclic) bond motifs is 1. The van der Waals surface area contributed by atoms with E-state index in [2.05, 4.69) is 0 Å². The third-order valence-electron chi connectivity index (χ3n) is 6.23. The van der Waals surface area contributed by atoms with Gasteiger partial charge in [-0.05, 0) is 17.7 Å². The second-order valence-corrected chi connectivity index (χ2v) is 8.34. The highest BCUT2D eigenvalue weighted by Gasteiger charge is 2.45. The van der Waals surface area contributed by atoms with Crippen molar-refractivity contribution in [3.05, 3.63) is 34.7 Å². The number of aliphatic hydroxyl groups is 4. The van der Waals surface area contributed by atoms with Crippen LogP contribution in [0.2, 0.25) is 0 Å². The fourth-order valence-electron chi connectivity index (χ4n) is 4.24. The second-order valence-electron chi connectivity index (χ2n) is 8.34. The van der Waals surface area contributed by atoms with Crippen molar-refractivity contribution >= 4 is 11.0 Å². The summed E-state index contributed by atoms with van der Waals surface area (Å²) in [6, 6.07) is 4.32. The molecule has 13 nitrogen and oxygen atoms in total. The first-order chi connectivity index (χ1) is 18.2. The summed E-state index contributed by atoms with van der Waals surface area (Å²) in [5.74, 6) is -0.191. The summed E-state index contributed by atoms with van der Waals surface area (Å²) >= 11 is 0. The number of phenolic OH excluding ortho intramolecular Hbond substituents is 1. The van der Waals surface area contributed by atoms with Gasteiger partial charge in [-0.15, -0.1) is 0 Å². The highest BCUT2D eigenvalue weighted by Crippen LogP contribution is 2.44. The fraction of sp³-hybridized carbons (Fsp3) is 0.400. The summed E-state index contributed by atoms with van der Waals surface area (Å²) < 4.78 is 37.9. The van der Waals surface area contributed by atoms with Crippen molar-refractivity contribution in [3.8, 4) is 45.6 Å². The highest BCUT2D eigenvalue weighted by molar-refractivity contribution is 5.91. The molecule has 1 fully saturated rings. The lowest BCUT2D eigenvalue weighted by molar-refractivity contribution is -0.277. The molecule has 38 heavy (non-hydrogen) atoms. The average Bonchev–Trinajstić information content (AvgIpc) is 2.92. The third kappa shape index (κ3) is 4.54. The van der Waals surface area contributed by atoms with Crippen molar-refractivity contribution in [1.29, 1.82) is 0 Å². The van der Waals surface area contributed by atoms with Gasteiger partial charge in [0.25, 0.3) is 0 Å². The Balaban J connectivity index is 1.81. The Bertz CT molecular complexity index is 1340. The minimum Gasteiger partial charge on any atom is -0.504 e. The van der Waals surface area contributed by atoms with E-state index in [1.165, 1.54) is 40.8 Å². The van der Waals surface area contributed by atoms with Gasteiger partial charge in [0, 0.05) is 6.07 Å². The van der Waals surface area contributed by atoms with E-state index in [4.69, 9.17) is 32.8 Å². The van der Waals surface area contributed by atoms with Gasteiger partial charge in [-0.1, -0.05) is 0 Å². The van der Waals surface area contributed by atoms with Gasteiger partial charge in [-0.25, -0.2) is 0 Å². The number of rotatable bonds is 8. The van der Waals surface area contributed by atoms with Crippen molar-refractivity contribution < 1.29 is 58.4 Å². The molecule has 1 aliphatic rings. The number of ether oxygens (including phenoxy) is 6. The fourth-order valence-corrected chi connectivity index (χ4v) is 4.24. The smallest absolute Gasteiger partial charge is 0.229 e. The summed E-state index contributed by atoms with van der Waals surface area (Å²) in [5, 5.41) is 50.5. The standard InChI is InChI=1S/C25H28O13/c1-32-13-5-10(6-14(33-2)23(13)34-3)11-9-36-12-7-15(24(35-4)20(29)17(12)18(11)27)37-25-22(31)21(30)19(28)16(8-26)38-25/h5-7,9,16,19,21-22,25-26,28-31H,8H2,1-4H3/t16-,19-,21+,22-,25-/m1/s1. The van der Waals surface area contributed by atoms with Crippen LogP contribution < -0.4 is 29.1 Å². The number of aliphatic hydroxyl groups excluding tert-OH is 4. The van der Waals surface area contributed by atoms with E-state index in [0.29, 0.717) is 22.8 Å². The molecule has 0 saturated carbocycles. The molecule has 0 bridgehead atoms. The molecule has 1 saturated heterocycles. The van der Waals surface area contributed by atoms with Crippen molar-refractivity contribution in [2.75, 3.05) is 35.0 Å². The molecule has 206 valence electrons. The van der Waals surface area contributed by atoms with E-state index in [1.54, 1.807) is 12.1 Å². The van der Waals surface area contributed by atoms with Gasteiger partial charge < -0.3 is 58.4 Å². The number of phenols is 1. The maximum atomic E-state index is 13.5. The zero-order valence-electron chi connectivity index (χ0n) is 20.9. The second kappa shape index (κ2) is 10.9. The molecule has 3 aromatic rings. The topological polar surface area (TPSA) is 187 Å². The van der Waals surface area contributed by atoms with Crippen LogP contribution in [0.25, 0.3) is 22.1 Å². The van der Waals surface area contributed by atoms with Crippen LogP contribution in [-0.2, 0) is 4.74 Å². The first-order valence-corrected chi connectivity index (χ1v) is 11.3. The van der Waals surface area contributed by atoms with E-state index >= 15 is 0 Å². The Labute approximate surface area is 215 Å². The van der Waals surface area contributed by atoms with Gasteiger partial charge in [0.05, 0.1) is 40.6 Å². The van der Waals surface area contributed by atoms with Crippen LogP contribution in [0.1, 0.15) is 0 Å². The van der Waals surface area contributed by atoms with E-state index in [9.17, 15) is 30.3 Å². The monoisotopic (exact) mass is 536 g/mol. The van der Waals surface area contributed by atoms with Crippen LogP contribution in [-0.4, -0.2) is 91.3 Å². The van der Waals surface area contributed by atoms with E-state index in [0.717, 1.165) is 0 Å². The molecule has 1 aliphatic heterocycles. The molecule has 0 amide bonds. The van der Waals surface area contributed by atoms with Crippen molar-refractivity contribution in [1.82, 2.24) is 0 Å². The summed E-state index contributed by atoms with van der Waals surface area (Å²) in [6.45, 7) is -0.663.